The van der Waals surface area contributed by atoms with Gasteiger partial charge in [-0.2, -0.15) is 0 Å². The van der Waals surface area contributed by atoms with Crippen molar-refractivity contribution in [3.8, 4) is 11.1 Å². The molecule has 0 saturated carbocycles. The fourth-order valence-electron chi connectivity index (χ4n) is 6.22. The van der Waals surface area contributed by atoms with E-state index >= 15 is 0 Å². The number of aryl methyl sites for hydroxylation is 1. The summed E-state index contributed by atoms with van der Waals surface area (Å²) in [6, 6.07) is 35.7. The van der Waals surface area contributed by atoms with Gasteiger partial charge in [0.2, 0.25) is 0 Å². The van der Waals surface area contributed by atoms with E-state index in [2.05, 4.69) is 122 Å². The van der Waals surface area contributed by atoms with Crippen LogP contribution in [0.2, 0.25) is 0 Å². The van der Waals surface area contributed by atoms with E-state index in [1.165, 1.54) is 61.1 Å². The van der Waals surface area contributed by atoms with Crippen molar-refractivity contribution in [3.63, 3.8) is 0 Å². The average Bonchev–Trinajstić information content (AvgIpc) is 3.43. The van der Waals surface area contributed by atoms with Gasteiger partial charge in [0, 0.05) is 29.2 Å². The molecule has 0 amide bonds. The molecule has 152 valence electrons. The molecule has 0 N–H and O–H groups in total. The molecule has 1 nitrogen and oxygen atoms in total. The number of nitrogens with zero attached hydrogens (tertiary/aromatic N) is 1. The molecule has 4 aromatic carbocycles. The molecule has 0 bridgehead atoms. The summed E-state index contributed by atoms with van der Waals surface area (Å²) >= 11 is 0. The zero-order valence-corrected chi connectivity index (χ0v) is 18.3. The number of hydrogen-bond donors (Lipinski definition) is 0. The lowest BCUT2D eigenvalue weighted by Crippen LogP contribution is -2.22. The normalized spacial score (nSPS) is 15.0. The highest BCUT2D eigenvalue weighted by Gasteiger charge is 2.48. The van der Waals surface area contributed by atoms with Crippen LogP contribution >= 0.6 is 0 Å². The van der Waals surface area contributed by atoms with Crippen molar-refractivity contribution in [2.75, 3.05) is 0 Å². The summed E-state index contributed by atoms with van der Waals surface area (Å²) in [5, 5.41) is 1.32. The second kappa shape index (κ2) is 6.11. The average molecular weight is 410 g/mol. The van der Waals surface area contributed by atoms with Crippen LogP contribution in [-0.4, -0.2) is 4.57 Å². The van der Waals surface area contributed by atoms with Gasteiger partial charge in [0.25, 0.3) is 0 Å². The molecule has 2 aliphatic rings. The van der Waals surface area contributed by atoms with Crippen molar-refractivity contribution in [2.24, 2.45) is 7.05 Å². The second-order valence-electron chi connectivity index (χ2n) is 9.04. The number of rotatable bonds is 1. The van der Waals surface area contributed by atoms with E-state index in [1.54, 1.807) is 0 Å². The first-order valence-electron chi connectivity index (χ1n) is 11.3. The number of fused-ring (bicyclic) bond motifs is 8. The van der Waals surface area contributed by atoms with E-state index in [0.717, 1.165) is 0 Å². The molecular formula is C31H23N. The zero-order chi connectivity index (χ0) is 21.4. The number of aromatic nitrogens is 1. The van der Waals surface area contributed by atoms with Crippen molar-refractivity contribution in [3.05, 3.63) is 137 Å². The van der Waals surface area contributed by atoms with Gasteiger partial charge in [-0.15, -0.1) is 0 Å². The first kappa shape index (κ1) is 17.8. The van der Waals surface area contributed by atoms with Crippen molar-refractivity contribution in [1.29, 1.82) is 0 Å². The van der Waals surface area contributed by atoms with Crippen LogP contribution in [0.15, 0.2) is 103 Å². The zero-order valence-electron chi connectivity index (χ0n) is 18.3. The standard InChI is InChI=1S/C31H23N/c1-20-30(24-14-6-10-18-29(24)32(20)2)25-19-31(28-17-9-5-13-23(25)28)26-15-7-3-11-21(26)22-12-4-8-16-27(22)31/h3-19H,1-2H3. The van der Waals surface area contributed by atoms with Crippen LogP contribution in [0, 0.1) is 6.92 Å². The highest BCUT2D eigenvalue weighted by atomic mass is 14.9. The minimum absolute atomic E-state index is 0.248. The minimum Gasteiger partial charge on any atom is -0.347 e. The molecule has 1 heteroatoms. The van der Waals surface area contributed by atoms with E-state index in [4.69, 9.17) is 0 Å². The molecule has 1 spiro atoms. The maximum absolute atomic E-state index is 2.55. The molecule has 0 atom stereocenters. The Balaban J connectivity index is 1.64. The van der Waals surface area contributed by atoms with E-state index < -0.39 is 0 Å². The quantitative estimate of drug-likeness (QED) is 0.275. The molecule has 7 rings (SSSR count). The Labute approximate surface area is 188 Å². The third kappa shape index (κ3) is 1.99. The van der Waals surface area contributed by atoms with E-state index in [1.807, 2.05) is 0 Å². The SMILES string of the molecule is Cc1c(C2=CC3(c4ccccc42)c2ccccc2-c2ccccc23)c2ccccc2n1C. The molecule has 2 aliphatic carbocycles. The Hall–Kier alpha value is -3.84. The van der Waals surface area contributed by atoms with Crippen LogP contribution in [0.3, 0.4) is 0 Å². The third-order valence-electron chi connectivity index (χ3n) is 7.67. The lowest BCUT2D eigenvalue weighted by Gasteiger charge is -2.27. The summed E-state index contributed by atoms with van der Waals surface area (Å²) in [5.41, 5.74) is 13.3. The highest BCUT2D eigenvalue weighted by Crippen LogP contribution is 2.59. The predicted molar refractivity (Wildman–Crippen MR) is 133 cm³/mol. The van der Waals surface area contributed by atoms with Gasteiger partial charge in [-0.1, -0.05) is 97.1 Å². The van der Waals surface area contributed by atoms with Crippen LogP contribution < -0.4 is 0 Å². The van der Waals surface area contributed by atoms with Gasteiger partial charge in [0.1, 0.15) is 0 Å². The van der Waals surface area contributed by atoms with Gasteiger partial charge < -0.3 is 4.57 Å². The van der Waals surface area contributed by atoms with Crippen molar-refractivity contribution in [2.45, 2.75) is 12.3 Å². The second-order valence-corrected chi connectivity index (χ2v) is 9.04. The Bertz CT molecular complexity index is 1550. The summed E-state index contributed by atoms with van der Waals surface area (Å²) in [7, 11) is 2.18. The largest absolute Gasteiger partial charge is 0.347 e. The maximum Gasteiger partial charge on any atom is 0.0659 e. The van der Waals surface area contributed by atoms with E-state index in [9.17, 15) is 0 Å². The van der Waals surface area contributed by atoms with Gasteiger partial charge in [-0.05, 0) is 51.9 Å². The molecule has 32 heavy (non-hydrogen) atoms. The van der Waals surface area contributed by atoms with Gasteiger partial charge in [0.05, 0.1) is 5.41 Å². The summed E-state index contributed by atoms with van der Waals surface area (Å²) in [5.74, 6) is 0. The first-order chi connectivity index (χ1) is 15.7. The number of allylic oxidation sites excluding steroid dienone is 1. The molecule has 1 heterocycles. The molecule has 1 aromatic heterocycles. The van der Waals surface area contributed by atoms with Gasteiger partial charge in [-0.3, -0.25) is 0 Å². The Kier molecular flexibility index (Phi) is 3.40. The summed E-state index contributed by atoms with van der Waals surface area (Å²) in [6.45, 7) is 2.25. The van der Waals surface area contributed by atoms with Crippen LogP contribution in [0.25, 0.3) is 27.6 Å². The Morgan fingerprint density at radius 2 is 1.09 bits per heavy atom. The Morgan fingerprint density at radius 3 is 1.75 bits per heavy atom. The lowest BCUT2D eigenvalue weighted by atomic mass is 9.74. The number of benzene rings is 4. The van der Waals surface area contributed by atoms with Crippen molar-refractivity contribution >= 4 is 16.5 Å². The third-order valence-corrected chi connectivity index (χ3v) is 7.67. The topological polar surface area (TPSA) is 4.93 Å². The Morgan fingerprint density at radius 1 is 0.594 bits per heavy atom. The lowest BCUT2D eigenvalue weighted by molar-refractivity contribution is 0.821. The van der Waals surface area contributed by atoms with E-state index in [0.29, 0.717) is 0 Å². The van der Waals surface area contributed by atoms with Crippen LogP contribution in [0.1, 0.15) is 33.5 Å². The van der Waals surface area contributed by atoms with Gasteiger partial charge in [-0.25, -0.2) is 0 Å². The monoisotopic (exact) mass is 409 g/mol. The van der Waals surface area contributed by atoms with Gasteiger partial charge >= 0.3 is 0 Å². The molecule has 5 aromatic rings. The van der Waals surface area contributed by atoms with Crippen molar-refractivity contribution < 1.29 is 0 Å². The summed E-state index contributed by atoms with van der Waals surface area (Å²) in [4.78, 5) is 0. The molecular weight excluding hydrogens is 386 g/mol. The van der Waals surface area contributed by atoms with E-state index in [-0.39, 0.29) is 5.41 Å². The summed E-state index contributed by atoms with van der Waals surface area (Å²) < 4.78 is 2.33. The number of para-hydroxylation sites is 1. The number of hydrogen-bond acceptors (Lipinski definition) is 0. The smallest absolute Gasteiger partial charge is 0.0659 e. The fraction of sp³-hybridized carbons (Fsp3) is 0.0968. The molecule has 0 radical (unpaired) electrons. The van der Waals surface area contributed by atoms with Crippen molar-refractivity contribution in [1.82, 2.24) is 4.57 Å². The highest BCUT2D eigenvalue weighted by molar-refractivity contribution is 6.03. The fourth-order valence-corrected chi connectivity index (χ4v) is 6.22. The molecule has 0 fully saturated rings. The maximum atomic E-state index is 2.55. The summed E-state index contributed by atoms with van der Waals surface area (Å²) in [6.07, 6.45) is 2.55. The van der Waals surface area contributed by atoms with Crippen LogP contribution in [0.5, 0.6) is 0 Å². The van der Waals surface area contributed by atoms with Crippen LogP contribution in [-0.2, 0) is 12.5 Å². The predicted octanol–water partition coefficient (Wildman–Crippen LogP) is 7.25. The molecule has 0 unspecified atom stereocenters. The molecule has 0 aliphatic heterocycles. The first-order valence-corrected chi connectivity index (χ1v) is 11.3. The van der Waals surface area contributed by atoms with Gasteiger partial charge in [0.15, 0.2) is 0 Å². The van der Waals surface area contributed by atoms with Crippen LogP contribution in [0.4, 0.5) is 0 Å². The minimum atomic E-state index is -0.248. The molecule has 0 saturated heterocycles.